The van der Waals surface area contributed by atoms with Crippen LogP contribution in [0.15, 0.2) is 83.8 Å². The van der Waals surface area contributed by atoms with Gasteiger partial charge in [0.1, 0.15) is 6.04 Å². The van der Waals surface area contributed by atoms with E-state index in [1.807, 2.05) is 69.3 Å². The summed E-state index contributed by atoms with van der Waals surface area (Å²) in [5.74, 6) is -0.433. The molecule has 6 nitrogen and oxygen atoms in total. The van der Waals surface area contributed by atoms with Gasteiger partial charge in [-0.2, -0.15) is 0 Å². The quantitative estimate of drug-likeness (QED) is 0.503. The van der Waals surface area contributed by atoms with E-state index in [0.717, 1.165) is 11.1 Å². The molecule has 0 unspecified atom stereocenters. The number of carbonyl (C=O) groups excluding carboxylic acids is 2. The fourth-order valence-electron chi connectivity index (χ4n) is 4.55. The van der Waals surface area contributed by atoms with Gasteiger partial charge in [-0.05, 0) is 53.3 Å². The summed E-state index contributed by atoms with van der Waals surface area (Å²) in [6.07, 6.45) is 1.06. The molecule has 0 spiro atoms. The van der Waals surface area contributed by atoms with E-state index >= 15 is 0 Å². The van der Waals surface area contributed by atoms with Crippen LogP contribution in [0.2, 0.25) is 0 Å². The Balaban J connectivity index is 1.57. The number of hydrogen-bond donors (Lipinski definition) is 1. The Kier molecular flexibility index (Phi) is 7.31. The van der Waals surface area contributed by atoms with E-state index in [2.05, 4.69) is 5.32 Å². The molecule has 0 fully saturated rings. The van der Waals surface area contributed by atoms with Gasteiger partial charge in [-0.1, -0.05) is 69.3 Å². The van der Waals surface area contributed by atoms with Crippen LogP contribution in [0.3, 0.4) is 0 Å². The molecule has 0 aromatic heterocycles. The van der Waals surface area contributed by atoms with Gasteiger partial charge in [-0.25, -0.2) is 8.42 Å². The van der Waals surface area contributed by atoms with E-state index in [4.69, 9.17) is 0 Å². The average Bonchev–Trinajstić information content (AvgIpc) is 2.83. The second kappa shape index (κ2) is 10.3. The standard InChI is InChI=1S/C29H32N2O4S/c1-29(2,3)20-36(34,35)24-15-13-23(14-16-24)30-27(32)26(19-21-9-5-4-6-10-21)31-18-17-22-11-7-8-12-25(22)28(31)33/h4-16,26H,17-20H2,1-3H3,(H,30,32)/t26-/m0/s1. The zero-order chi connectivity index (χ0) is 25.9. The minimum absolute atomic E-state index is 0.0312. The summed E-state index contributed by atoms with van der Waals surface area (Å²) in [5.41, 5.74) is 2.69. The number of rotatable bonds is 7. The van der Waals surface area contributed by atoms with E-state index in [9.17, 15) is 18.0 Å². The molecule has 0 saturated heterocycles. The van der Waals surface area contributed by atoms with Crippen molar-refractivity contribution in [3.63, 3.8) is 0 Å². The molecule has 1 N–H and O–H groups in total. The Morgan fingerprint density at radius 2 is 1.58 bits per heavy atom. The number of benzene rings is 3. The zero-order valence-corrected chi connectivity index (χ0v) is 21.7. The summed E-state index contributed by atoms with van der Waals surface area (Å²) in [4.78, 5) is 28.7. The van der Waals surface area contributed by atoms with Gasteiger partial charge >= 0.3 is 0 Å². The maximum absolute atomic E-state index is 13.5. The molecule has 0 saturated carbocycles. The minimum atomic E-state index is -3.44. The summed E-state index contributed by atoms with van der Waals surface area (Å²) in [7, 11) is -3.44. The fraction of sp³-hybridized carbons (Fsp3) is 0.310. The molecule has 3 aromatic carbocycles. The van der Waals surface area contributed by atoms with E-state index in [1.54, 1.807) is 23.1 Å². The molecule has 7 heteroatoms. The van der Waals surface area contributed by atoms with E-state index in [-0.39, 0.29) is 27.9 Å². The second-order valence-electron chi connectivity index (χ2n) is 10.4. The van der Waals surface area contributed by atoms with Gasteiger partial charge in [0, 0.05) is 24.2 Å². The normalized spacial score (nSPS) is 14.8. The van der Waals surface area contributed by atoms with Crippen molar-refractivity contribution in [1.82, 2.24) is 4.90 Å². The molecule has 1 aliphatic heterocycles. The van der Waals surface area contributed by atoms with Crippen LogP contribution < -0.4 is 5.32 Å². The first-order valence-corrected chi connectivity index (χ1v) is 13.8. The van der Waals surface area contributed by atoms with Crippen molar-refractivity contribution in [3.05, 3.63) is 95.6 Å². The highest BCUT2D eigenvalue weighted by Crippen LogP contribution is 2.25. The lowest BCUT2D eigenvalue weighted by Gasteiger charge is -2.35. The van der Waals surface area contributed by atoms with Crippen LogP contribution in [-0.2, 0) is 27.5 Å². The molecule has 4 rings (SSSR count). The first-order chi connectivity index (χ1) is 17.0. The van der Waals surface area contributed by atoms with E-state index < -0.39 is 15.9 Å². The number of amides is 2. The van der Waals surface area contributed by atoms with Crippen LogP contribution in [0.4, 0.5) is 5.69 Å². The van der Waals surface area contributed by atoms with Gasteiger partial charge in [0.15, 0.2) is 9.84 Å². The van der Waals surface area contributed by atoms with Crippen molar-refractivity contribution in [2.75, 3.05) is 17.6 Å². The van der Waals surface area contributed by atoms with Gasteiger partial charge in [0.25, 0.3) is 5.91 Å². The summed E-state index contributed by atoms with van der Waals surface area (Å²) >= 11 is 0. The predicted octanol–water partition coefficient (Wildman–Crippen LogP) is 4.75. The molecule has 2 amide bonds. The van der Waals surface area contributed by atoms with Gasteiger partial charge in [0.05, 0.1) is 10.6 Å². The largest absolute Gasteiger partial charge is 0.326 e. The van der Waals surface area contributed by atoms with Crippen molar-refractivity contribution in [2.24, 2.45) is 5.41 Å². The van der Waals surface area contributed by atoms with Crippen LogP contribution >= 0.6 is 0 Å². The summed E-state index contributed by atoms with van der Waals surface area (Å²) in [6, 6.07) is 22.6. The molecule has 188 valence electrons. The Labute approximate surface area is 213 Å². The van der Waals surface area contributed by atoms with Crippen LogP contribution in [0.25, 0.3) is 0 Å². The van der Waals surface area contributed by atoms with Gasteiger partial charge < -0.3 is 10.2 Å². The van der Waals surface area contributed by atoms with Crippen molar-refractivity contribution >= 4 is 27.3 Å². The Morgan fingerprint density at radius 1 is 0.944 bits per heavy atom. The molecule has 1 heterocycles. The van der Waals surface area contributed by atoms with Crippen LogP contribution in [0, 0.1) is 5.41 Å². The second-order valence-corrected chi connectivity index (χ2v) is 12.4. The molecule has 1 atom stereocenters. The third-order valence-electron chi connectivity index (χ3n) is 6.19. The highest BCUT2D eigenvalue weighted by molar-refractivity contribution is 7.91. The lowest BCUT2D eigenvalue weighted by Crippen LogP contribution is -2.51. The Morgan fingerprint density at radius 3 is 2.25 bits per heavy atom. The number of hydrogen-bond acceptors (Lipinski definition) is 4. The molecule has 0 bridgehead atoms. The first kappa shape index (κ1) is 25.6. The van der Waals surface area contributed by atoms with Gasteiger partial charge in [-0.15, -0.1) is 0 Å². The summed E-state index contributed by atoms with van der Waals surface area (Å²) in [6.45, 7) is 6.09. The van der Waals surface area contributed by atoms with Crippen molar-refractivity contribution in [1.29, 1.82) is 0 Å². The highest BCUT2D eigenvalue weighted by Gasteiger charge is 2.34. The van der Waals surface area contributed by atoms with Crippen LogP contribution in [0.5, 0.6) is 0 Å². The smallest absolute Gasteiger partial charge is 0.254 e. The number of anilines is 1. The third kappa shape index (κ3) is 6.02. The number of carbonyl (C=O) groups is 2. The Hall–Kier alpha value is -3.45. The number of nitrogens with one attached hydrogen (secondary N) is 1. The highest BCUT2D eigenvalue weighted by atomic mass is 32.2. The number of sulfone groups is 1. The first-order valence-electron chi connectivity index (χ1n) is 12.1. The van der Waals surface area contributed by atoms with Gasteiger partial charge in [-0.3, -0.25) is 9.59 Å². The molecular formula is C29H32N2O4S. The zero-order valence-electron chi connectivity index (χ0n) is 20.9. The monoisotopic (exact) mass is 504 g/mol. The SMILES string of the molecule is CC(C)(C)CS(=O)(=O)c1ccc(NC(=O)[C@H](Cc2ccccc2)N2CCc3ccccc3C2=O)cc1. The predicted molar refractivity (Wildman–Crippen MR) is 142 cm³/mol. The third-order valence-corrected chi connectivity index (χ3v) is 8.42. The maximum Gasteiger partial charge on any atom is 0.254 e. The molecule has 0 radical (unpaired) electrons. The van der Waals surface area contributed by atoms with E-state index in [0.29, 0.717) is 30.6 Å². The lowest BCUT2D eigenvalue weighted by molar-refractivity contribution is -0.120. The molecule has 0 aliphatic carbocycles. The molecule has 1 aliphatic rings. The van der Waals surface area contributed by atoms with Crippen LogP contribution in [0.1, 0.15) is 42.3 Å². The average molecular weight is 505 g/mol. The van der Waals surface area contributed by atoms with Crippen LogP contribution in [-0.4, -0.2) is 43.5 Å². The topological polar surface area (TPSA) is 83.6 Å². The minimum Gasteiger partial charge on any atom is -0.326 e. The molecular weight excluding hydrogens is 472 g/mol. The fourth-order valence-corrected chi connectivity index (χ4v) is 6.41. The number of nitrogens with zero attached hydrogens (tertiary/aromatic N) is 1. The summed E-state index contributed by atoms with van der Waals surface area (Å²) < 4.78 is 25.4. The molecule has 36 heavy (non-hydrogen) atoms. The summed E-state index contributed by atoms with van der Waals surface area (Å²) in [5, 5.41) is 2.90. The Bertz CT molecular complexity index is 1340. The molecule has 3 aromatic rings. The van der Waals surface area contributed by atoms with Gasteiger partial charge in [0.2, 0.25) is 5.91 Å². The number of fused-ring (bicyclic) bond motifs is 1. The van der Waals surface area contributed by atoms with Crippen molar-refractivity contribution in [2.45, 2.75) is 44.6 Å². The van der Waals surface area contributed by atoms with Crippen molar-refractivity contribution in [3.8, 4) is 0 Å². The lowest BCUT2D eigenvalue weighted by atomic mass is 9.95. The van der Waals surface area contributed by atoms with E-state index in [1.165, 1.54) is 12.1 Å². The maximum atomic E-state index is 13.5. The van der Waals surface area contributed by atoms with Crippen molar-refractivity contribution < 1.29 is 18.0 Å².